The van der Waals surface area contributed by atoms with Gasteiger partial charge < -0.3 is 19.5 Å². The summed E-state index contributed by atoms with van der Waals surface area (Å²) >= 11 is 0. The van der Waals surface area contributed by atoms with Crippen molar-refractivity contribution in [2.24, 2.45) is 0 Å². The lowest BCUT2D eigenvalue weighted by Gasteiger charge is -2.25. The van der Waals surface area contributed by atoms with Crippen LogP contribution in [0.4, 0.5) is 4.79 Å². The Morgan fingerprint density at radius 3 is 2.76 bits per heavy atom. The molecule has 0 aliphatic carbocycles. The van der Waals surface area contributed by atoms with Gasteiger partial charge in [0.15, 0.2) is 0 Å². The summed E-state index contributed by atoms with van der Waals surface area (Å²) in [6.45, 7) is 11.6. The minimum Gasteiger partial charge on any atom is -0.371 e. The Morgan fingerprint density at radius 1 is 1.48 bits per heavy atom. The van der Waals surface area contributed by atoms with Crippen LogP contribution in [0.25, 0.3) is 0 Å². The van der Waals surface area contributed by atoms with E-state index in [2.05, 4.69) is 10.5 Å². The van der Waals surface area contributed by atoms with Crippen LogP contribution in [0.2, 0.25) is 0 Å². The van der Waals surface area contributed by atoms with E-state index in [0.717, 1.165) is 30.0 Å². The van der Waals surface area contributed by atoms with Gasteiger partial charge in [-0.1, -0.05) is 5.16 Å². The summed E-state index contributed by atoms with van der Waals surface area (Å²) in [5.41, 5.74) is 1.66. The van der Waals surface area contributed by atoms with Gasteiger partial charge >= 0.3 is 6.03 Å². The maximum atomic E-state index is 12.1. The Bertz CT molecular complexity index is 485. The van der Waals surface area contributed by atoms with Crippen LogP contribution in [-0.2, 0) is 11.3 Å². The molecule has 0 spiro atoms. The Balaban J connectivity index is 1.82. The van der Waals surface area contributed by atoms with E-state index in [0.29, 0.717) is 13.2 Å². The average Bonchev–Trinajstić information content (AvgIpc) is 2.94. The zero-order valence-electron chi connectivity index (χ0n) is 13.5. The summed E-state index contributed by atoms with van der Waals surface area (Å²) in [7, 11) is 0. The molecule has 0 aromatic carbocycles. The number of hydrogen-bond acceptors (Lipinski definition) is 4. The number of carbonyl (C=O) groups is 1. The molecule has 1 saturated heterocycles. The van der Waals surface area contributed by atoms with Crippen molar-refractivity contribution >= 4 is 6.03 Å². The van der Waals surface area contributed by atoms with E-state index in [1.54, 1.807) is 0 Å². The van der Waals surface area contributed by atoms with Crippen LogP contribution >= 0.6 is 0 Å². The largest absolute Gasteiger partial charge is 0.371 e. The molecule has 1 aromatic heterocycles. The third-order valence-electron chi connectivity index (χ3n) is 3.56. The molecule has 1 unspecified atom stereocenters. The fourth-order valence-corrected chi connectivity index (χ4v) is 2.36. The predicted octanol–water partition coefficient (Wildman–Crippen LogP) is 2.39. The molecule has 1 fully saturated rings. The highest BCUT2D eigenvalue weighted by atomic mass is 16.5. The molecule has 1 aromatic rings. The van der Waals surface area contributed by atoms with Gasteiger partial charge in [0.2, 0.25) is 0 Å². The molecule has 2 rings (SSSR count). The van der Waals surface area contributed by atoms with E-state index in [1.807, 2.05) is 39.5 Å². The fraction of sp³-hybridized carbons (Fsp3) is 0.733. The number of nitrogens with zero attached hydrogens (tertiary/aromatic N) is 2. The molecule has 1 N–H and O–H groups in total. The second-order valence-corrected chi connectivity index (χ2v) is 6.65. The molecule has 1 atom stereocenters. The third kappa shape index (κ3) is 4.20. The van der Waals surface area contributed by atoms with Crippen LogP contribution in [-0.4, -0.2) is 40.8 Å². The zero-order chi connectivity index (χ0) is 15.6. The molecule has 2 heterocycles. The highest BCUT2D eigenvalue weighted by Crippen LogP contribution is 2.18. The van der Waals surface area contributed by atoms with Gasteiger partial charge in [0.1, 0.15) is 5.76 Å². The maximum Gasteiger partial charge on any atom is 0.317 e. The predicted molar refractivity (Wildman–Crippen MR) is 79.0 cm³/mol. The molecule has 118 valence electrons. The van der Waals surface area contributed by atoms with Gasteiger partial charge in [0.25, 0.3) is 0 Å². The third-order valence-corrected chi connectivity index (χ3v) is 3.56. The SMILES string of the molecule is Cc1noc(C)c1COC1CCN(C(=O)NC(C)(C)C)C1. The molecule has 0 saturated carbocycles. The second-order valence-electron chi connectivity index (χ2n) is 6.65. The molecule has 6 heteroatoms. The van der Waals surface area contributed by atoms with Crippen LogP contribution in [0.5, 0.6) is 0 Å². The highest BCUT2D eigenvalue weighted by molar-refractivity contribution is 5.75. The number of carbonyl (C=O) groups excluding carboxylic acids is 1. The van der Waals surface area contributed by atoms with Crippen molar-refractivity contribution in [1.29, 1.82) is 0 Å². The standard InChI is InChI=1S/C15H25N3O3/c1-10-13(11(2)21-17-10)9-20-12-6-7-18(8-12)14(19)16-15(3,4)5/h12H,6-9H2,1-5H3,(H,16,19). The zero-order valence-corrected chi connectivity index (χ0v) is 13.5. The number of likely N-dealkylation sites (tertiary alicyclic amines) is 1. The number of aromatic nitrogens is 1. The average molecular weight is 295 g/mol. The van der Waals surface area contributed by atoms with Gasteiger partial charge in [0.05, 0.1) is 18.4 Å². The van der Waals surface area contributed by atoms with Crippen molar-refractivity contribution in [1.82, 2.24) is 15.4 Å². The van der Waals surface area contributed by atoms with Gasteiger partial charge in [-0.25, -0.2) is 4.79 Å². The van der Waals surface area contributed by atoms with E-state index < -0.39 is 0 Å². The van der Waals surface area contributed by atoms with Crippen molar-refractivity contribution in [3.8, 4) is 0 Å². The van der Waals surface area contributed by atoms with Gasteiger partial charge in [0, 0.05) is 24.2 Å². The second kappa shape index (κ2) is 6.05. The number of ether oxygens (including phenoxy) is 1. The summed E-state index contributed by atoms with van der Waals surface area (Å²) in [6, 6.07) is -0.0223. The van der Waals surface area contributed by atoms with Gasteiger partial charge in [-0.3, -0.25) is 0 Å². The summed E-state index contributed by atoms with van der Waals surface area (Å²) in [4.78, 5) is 13.9. The van der Waals surface area contributed by atoms with E-state index in [1.165, 1.54) is 0 Å². The number of urea groups is 1. The number of hydrogen-bond donors (Lipinski definition) is 1. The van der Waals surface area contributed by atoms with Crippen molar-refractivity contribution in [3.63, 3.8) is 0 Å². The Hall–Kier alpha value is -1.56. The van der Waals surface area contributed by atoms with Gasteiger partial charge in [-0.2, -0.15) is 0 Å². The highest BCUT2D eigenvalue weighted by Gasteiger charge is 2.29. The number of amides is 2. The van der Waals surface area contributed by atoms with Crippen molar-refractivity contribution in [2.45, 2.75) is 59.3 Å². The summed E-state index contributed by atoms with van der Waals surface area (Å²) < 4.78 is 11.0. The molecule has 0 bridgehead atoms. The number of rotatable bonds is 3. The topological polar surface area (TPSA) is 67.6 Å². The van der Waals surface area contributed by atoms with Crippen LogP contribution < -0.4 is 5.32 Å². The van der Waals surface area contributed by atoms with E-state index in [4.69, 9.17) is 9.26 Å². The first-order valence-corrected chi connectivity index (χ1v) is 7.36. The van der Waals surface area contributed by atoms with Crippen molar-refractivity contribution in [2.75, 3.05) is 13.1 Å². The summed E-state index contributed by atoms with van der Waals surface area (Å²) in [5, 5.41) is 6.89. The van der Waals surface area contributed by atoms with E-state index in [-0.39, 0.29) is 17.7 Å². The minimum absolute atomic E-state index is 0.0223. The van der Waals surface area contributed by atoms with Crippen LogP contribution in [0.3, 0.4) is 0 Å². The van der Waals surface area contributed by atoms with Crippen molar-refractivity contribution in [3.05, 3.63) is 17.0 Å². The number of nitrogens with one attached hydrogen (secondary N) is 1. The molecule has 6 nitrogen and oxygen atoms in total. The van der Waals surface area contributed by atoms with E-state index >= 15 is 0 Å². The van der Waals surface area contributed by atoms with Gasteiger partial charge in [-0.05, 0) is 41.0 Å². The van der Waals surface area contributed by atoms with Crippen LogP contribution in [0.1, 0.15) is 44.2 Å². The fourth-order valence-electron chi connectivity index (χ4n) is 2.36. The van der Waals surface area contributed by atoms with Crippen molar-refractivity contribution < 1.29 is 14.1 Å². The molecular formula is C15H25N3O3. The molecule has 1 aliphatic rings. The number of aryl methyl sites for hydroxylation is 2. The first kappa shape index (κ1) is 15.8. The summed E-state index contributed by atoms with van der Waals surface area (Å²) in [6.07, 6.45) is 0.936. The lowest BCUT2D eigenvalue weighted by atomic mass is 10.1. The maximum absolute atomic E-state index is 12.1. The smallest absolute Gasteiger partial charge is 0.317 e. The van der Waals surface area contributed by atoms with Gasteiger partial charge in [-0.15, -0.1) is 0 Å². The Labute approximate surface area is 125 Å². The normalized spacial score (nSPS) is 19.1. The molecule has 1 aliphatic heterocycles. The van der Waals surface area contributed by atoms with Crippen LogP contribution in [0, 0.1) is 13.8 Å². The summed E-state index contributed by atoms with van der Waals surface area (Å²) in [5.74, 6) is 0.799. The monoisotopic (exact) mass is 295 g/mol. The van der Waals surface area contributed by atoms with E-state index in [9.17, 15) is 4.79 Å². The Kier molecular flexibility index (Phi) is 4.56. The lowest BCUT2D eigenvalue weighted by molar-refractivity contribution is 0.0476. The molecular weight excluding hydrogens is 270 g/mol. The quantitative estimate of drug-likeness (QED) is 0.929. The first-order valence-electron chi connectivity index (χ1n) is 7.36. The minimum atomic E-state index is -0.216. The first-order chi connectivity index (χ1) is 9.76. The Morgan fingerprint density at radius 2 is 2.19 bits per heavy atom. The molecule has 2 amide bonds. The molecule has 21 heavy (non-hydrogen) atoms. The molecule has 0 radical (unpaired) electrons. The van der Waals surface area contributed by atoms with Crippen LogP contribution in [0.15, 0.2) is 4.52 Å². The lowest BCUT2D eigenvalue weighted by Crippen LogP contribution is -2.48.